The van der Waals surface area contributed by atoms with Gasteiger partial charge in [0.1, 0.15) is 0 Å². The average molecular weight is 379 g/mol. The van der Waals surface area contributed by atoms with Crippen LogP contribution in [0.4, 0.5) is 5.13 Å². The third-order valence-electron chi connectivity index (χ3n) is 3.90. The van der Waals surface area contributed by atoms with Crippen LogP contribution in [0.15, 0.2) is 59.0 Å². The number of esters is 1. The highest BCUT2D eigenvalue weighted by Crippen LogP contribution is 2.23. The number of anilines is 1. The lowest BCUT2D eigenvalue weighted by Crippen LogP contribution is -2.07. The summed E-state index contributed by atoms with van der Waals surface area (Å²) in [6, 6.07) is 16.5. The molecule has 0 aliphatic heterocycles. The van der Waals surface area contributed by atoms with Crippen LogP contribution in [-0.2, 0) is 16.0 Å². The molecular formula is C21H21N3O2S. The molecule has 2 aromatic carbocycles. The van der Waals surface area contributed by atoms with Crippen molar-refractivity contribution >= 4 is 28.7 Å². The summed E-state index contributed by atoms with van der Waals surface area (Å²) in [6.07, 6.45) is 1.93. The van der Waals surface area contributed by atoms with Gasteiger partial charge < -0.3 is 4.74 Å². The largest absolute Gasteiger partial charge is 0.466 e. The molecule has 3 rings (SSSR count). The fraction of sp³-hybridized carbons (Fsp3) is 0.190. The first-order valence-electron chi connectivity index (χ1n) is 8.71. The Kier molecular flexibility index (Phi) is 6.33. The van der Waals surface area contributed by atoms with Gasteiger partial charge >= 0.3 is 5.97 Å². The van der Waals surface area contributed by atoms with Crippen molar-refractivity contribution in [2.24, 2.45) is 5.10 Å². The monoisotopic (exact) mass is 379 g/mol. The molecule has 3 aromatic rings. The Hall–Kier alpha value is -2.99. The molecule has 1 heterocycles. The van der Waals surface area contributed by atoms with Gasteiger partial charge in [-0.3, -0.25) is 10.2 Å². The second-order valence-corrected chi connectivity index (χ2v) is 6.79. The molecular weight excluding hydrogens is 358 g/mol. The third-order valence-corrected chi connectivity index (χ3v) is 4.69. The number of aromatic nitrogens is 1. The Bertz CT molecular complexity index is 950. The minimum atomic E-state index is -0.272. The van der Waals surface area contributed by atoms with Gasteiger partial charge in [0.25, 0.3) is 0 Å². The fourth-order valence-corrected chi connectivity index (χ4v) is 3.30. The molecule has 0 bridgehead atoms. The van der Waals surface area contributed by atoms with Gasteiger partial charge in [0.15, 0.2) is 0 Å². The van der Waals surface area contributed by atoms with E-state index in [-0.39, 0.29) is 12.4 Å². The molecule has 0 spiro atoms. The zero-order valence-corrected chi connectivity index (χ0v) is 16.1. The van der Waals surface area contributed by atoms with Gasteiger partial charge in [-0.05, 0) is 42.2 Å². The van der Waals surface area contributed by atoms with Crippen LogP contribution in [0.3, 0.4) is 0 Å². The average Bonchev–Trinajstić information content (AvgIpc) is 3.10. The maximum atomic E-state index is 11.5. The number of hydrogen-bond acceptors (Lipinski definition) is 6. The van der Waals surface area contributed by atoms with Crippen LogP contribution in [0.5, 0.6) is 0 Å². The van der Waals surface area contributed by atoms with Crippen LogP contribution in [-0.4, -0.2) is 23.8 Å². The van der Waals surface area contributed by atoms with Crippen LogP contribution < -0.4 is 5.43 Å². The summed E-state index contributed by atoms with van der Waals surface area (Å²) < 4.78 is 4.93. The lowest BCUT2D eigenvalue weighted by Gasteiger charge is -2.06. The molecule has 0 aliphatic carbocycles. The molecule has 0 atom stereocenters. The van der Waals surface area contributed by atoms with Crippen LogP contribution in [0.2, 0.25) is 0 Å². The Morgan fingerprint density at radius 1 is 1.26 bits per heavy atom. The number of benzene rings is 2. The molecule has 27 heavy (non-hydrogen) atoms. The molecule has 0 fully saturated rings. The summed E-state index contributed by atoms with van der Waals surface area (Å²) in [5.74, 6) is -0.272. The SMILES string of the molecule is CCOC(=O)Cc1csc(NN=Cc2cccc(-c3ccccc3C)c2)n1. The number of carbonyl (C=O) groups is 1. The van der Waals surface area contributed by atoms with Gasteiger partial charge in [0, 0.05) is 5.38 Å². The van der Waals surface area contributed by atoms with Gasteiger partial charge in [0.2, 0.25) is 5.13 Å². The van der Waals surface area contributed by atoms with E-state index >= 15 is 0 Å². The summed E-state index contributed by atoms with van der Waals surface area (Å²) >= 11 is 1.40. The predicted octanol–water partition coefficient (Wildman–Crippen LogP) is 4.67. The highest BCUT2D eigenvalue weighted by molar-refractivity contribution is 7.13. The standard InChI is InChI=1S/C21H21N3O2S/c1-3-26-20(25)12-18-14-27-21(23-18)24-22-13-16-8-6-9-17(11-16)19-10-5-4-7-15(19)2/h4-11,13-14H,3,12H2,1-2H3,(H,23,24). The predicted molar refractivity (Wildman–Crippen MR) is 110 cm³/mol. The summed E-state index contributed by atoms with van der Waals surface area (Å²) in [6.45, 7) is 4.27. The molecule has 0 aliphatic rings. The highest BCUT2D eigenvalue weighted by atomic mass is 32.1. The number of rotatable bonds is 7. The number of nitrogens with zero attached hydrogens (tertiary/aromatic N) is 2. The molecule has 1 aromatic heterocycles. The number of ether oxygens (including phenoxy) is 1. The lowest BCUT2D eigenvalue weighted by molar-refractivity contribution is -0.142. The lowest BCUT2D eigenvalue weighted by atomic mass is 9.99. The number of hydrogen-bond donors (Lipinski definition) is 1. The number of carbonyl (C=O) groups excluding carboxylic acids is 1. The minimum Gasteiger partial charge on any atom is -0.466 e. The normalized spacial score (nSPS) is 10.9. The Morgan fingerprint density at radius 2 is 2.11 bits per heavy atom. The van der Waals surface area contributed by atoms with E-state index in [4.69, 9.17) is 4.74 Å². The van der Waals surface area contributed by atoms with Crippen molar-refractivity contribution in [3.05, 3.63) is 70.7 Å². The first kappa shape index (κ1) is 18.8. The molecule has 6 heteroatoms. The molecule has 1 N–H and O–H groups in total. The van der Waals surface area contributed by atoms with Gasteiger partial charge in [-0.2, -0.15) is 5.10 Å². The summed E-state index contributed by atoms with van der Waals surface area (Å²) in [5.41, 5.74) is 8.19. The van der Waals surface area contributed by atoms with Gasteiger partial charge in [-0.25, -0.2) is 4.98 Å². The zero-order valence-electron chi connectivity index (χ0n) is 15.3. The highest BCUT2D eigenvalue weighted by Gasteiger charge is 2.08. The number of aryl methyl sites for hydroxylation is 1. The van der Waals surface area contributed by atoms with Crippen molar-refractivity contribution in [3.63, 3.8) is 0 Å². The zero-order chi connectivity index (χ0) is 19.1. The van der Waals surface area contributed by atoms with Crippen LogP contribution in [0, 0.1) is 6.92 Å². The second kappa shape index (κ2) is 9.09. The van der Waals surface area contributed by atoms with Crippen molar-refractivity contribution in [1.29, 1.82) is 0 Å². The van der Waals surface area contributed by atoms with E-state index in [1.807, 2.05) is 29.6 Å². The first-order chi connectivity index (χ1) is 13.2. The van der Waals surface area contributed by atoms with Crippen molar-refractivity contribution in [2.75, 3.05) is 12.0 Å². The minimum absolute atomic E-state index is 0.175. The third kappa shape index (κ3) is 5.24. The van der Waals surface area contributed by atoms with E-state index in [0.717, 1.165) is 11.1 Å². The van der Waals surface area contributed by atoms with Crippen molar-refractivity contribution in [2.45, 2.75) is 20.3 Å². The van der Waals surface area contributed by atoms with E-state index in [1.165, 1.54) is 22.5 Å². The van der Waals surface area contributed by atoms with Gasteiger partial charge in [-0.15, -0.1) is 11.3 Å². The molecule has 0 radical (unpaired) electrons. The molecule has 0 saturated heterocycles. The van der Waals surface area contributed by atoms with Crippen LogP contribution in [0.1, 0.15) is 23.7 Å². The van der Waals surface area contributed by atoms with Crippen LogP contribution in [0.25, 0.3) is 11.1 Å². The maximum Gasteiger partial charge on any atom is 0.311 e. The van der Waals surface area contributed by atoms with Crippen LogP contribution >= 0.6 is 11.3 Å². The fourth-order valence-electron chi connectivity index (χ4n) is 2.64. The molecule has 5 nitrogen and oxygen atoms in total. The number of thiazole rings is 1. The Labute approximate surface area is 162 Å². The summed E-state index contributed by atoms with van der Waals surface area (Å²) in [7, 11) is 0. The van der Waals surface area contributed by atoms with Crippen molar-refractivity contribution in [1.82, 2.24) is 4.98 Å². The summed E-state index contributed by atoms with van der Waals surface area (Å²) in [5, 5.41) is 6.72. The first-order valence-corrected chi connectivity index (χ1v) is 9.59. The van der Waals surface area contributed by atoms with Crippen molar-refractivity contribution < 1.29 is 9.53 Å². The van der Waals surface area contributed by atoms with E-state index in [9.17, 15) is 4.79 Å². The molecule has 0 saturated carbocycles. The van der Waals surface area contributed by atoms with Crippen molar-refractivity contribution in [3.8, 4) is 11.1 Å². The topological polar surface area (TPSA) is 63.6 Å². The summed E-state index contributed by atoms with van der Waals surface area (Å²) in [4.78, 5) is 15.8. The number of hydrazone groups is 1. The maximum absolute atomic E-state index is 11.5. The second-order valence-electron chi connectivity index (χ2n) is 5.94. The number of nitrogens with one attached hydrogen (secondary N) is 1. The van der Waals surface area contributed by atoms with Gasteiger partial charge in [0.05, 0.1) is 24.9 Å². The molecule has 0 amide bonds. The molecule has 0 unspecified atom stereocenters. The van der Waals surface area contributed by atoms with Gasteiger partial charge in [-0.1, -0.05) is 42.5 Å². The Morgan fingerprint density at radius 3 is 2.93 bits per heavy atom. The smallest absolute Gasteiger partial charge is 0.311 e. The quantitative estimate of drug-likeness (QED) is 0.368. The molecule has 138 valence electrons. The van der Waals surface area contributed by atoms with E-state index in [0.29, 0.717) is 17.4 Å². The van der Waals surface area contributed by atoms with E-state index < -0.39 is 0 Å². The van der Waals surface area contributed by atoms with E-state index in [1.54, 1.807) is 13.1 Å². The van der Waals surface area contributed by atoms with E-state index in [2.05, 4.69) is 46.7 Å². The Balaban J connectivity index is 1.64.